The van der Waals surface area contributed by atoms with E-state index in [0.29, 0.717) is 6.61 Å². The van der Waals surface area contributed by atoms with Crippen LogP contribution >= 0.6 is 11.3 Å². The Balaban J connectivity index is 1.45. The molecule has 152 valence electrons. The van der Waals surface area contributed by atoms with Crippen LogP contribution < -0.4 is 10.2 Å². The van der Waals surface area contributed by atoms with Crippen LogP contribution in [0.1, 0.15) is 23.1 Å². The predicted octanol–water partition coefficient (Wildman–Crippen LogP) is 3.62. The molecule has 0 aliphatic carbocycles. The number of morpholine rings is 1. The first kappa shape index (κ1) is 19.8. The lowest BCUT2D eigenvalue weighted by molar-refractivity contribution is -0.0349. The Bertz CT molecular complexity index is 960. The number of hydrogen-bond donors (Lipinski definition) is 1. The molecule has 0 bridgehead atoms. The van der Waals surface area contributed by atoms with Crippen LogP contribution in [-0.4, -0.2) is 53.6 Å². The zero-order chi connectivity index (χ0) is 20.2. The zero-order valence-corrected chi connectivity index (χ0v) is 17.8. The third-order valence-electron chi connectivity index (χ3n) is 4.79. The predicted molar refractivity (Wildman–Crippen MR) is 117 cm³/mol. The summed E-state index contributed by atoms with van der Waals surface area (Å²) in [5.74, 6) is 1.80. The minimum atomic E-state index is -0.0528. The summed E-state index contributed by atoms with van der Waals surface area (Å²) in [6, 6.07) is 10.1. The van der Waals surface area contributed by atoms with E-state index < -0.39 is 0 Å². The molecule has 1 unspecified atom stereocenters. The number of nitrogens with one attached hydrogen (secondary N) is 1. The van der Waals surface area contributed by atoms with Gasteiger partial charge in [-0.05, 0) is 25.1 Å². The van der Waals surface area contributed by atoms with Gasteiger partial charge >= 0.3 is 0 Å². The summed E-state index contributed by atoms with van der Waals surface area (Å²) >= 11 is 1.58. The van der Waals surface area contributed by atoms with E-state index in [4.69, 9.17) is 9.72 Å². The molecule has 0 saturated carbocycles. The van der Waals surface area contributed by atoms with Crippen molar-refractivity contribution in [1.82, 2.24) is 19.9 Å². The second kappa shape index (κ2) is 8.86. The van der Waals surface area contributed by atoms with Gasteiger partial charge in [0.2, 0.25) is 0 Å². The molecular formula is C21H26N6OS. The molecule has 7 nitrogen and oxygen atoms in total. The van der Waals surface area contributed by atoms with E-state index >= 15 is 0 Å². The van der Waals surface area contributed by atoms with Crippen molar-refractivity contribution in [2.45, 2.75) is 19.6 Å². The van der Waals surface area contributed by atoms with Gasteiger partial charge in [-0.2, -0.15) is 0 Å². The Morgan fingerprint density at radius 3 is 2.93 bits per heavy atom. The standard InChI is InChI=1S/C21H26N6OS/c1-15-14-29-21(23-15)25-19-8-4-7-17(24-19)18-13-27(10-11-28-18)12-16-6-5-9-22-20(16)26(2)3/h4-9,14,18H,10-13H2,1-3H3,(H,23,24,25). The summed E-state index contributed by atoms with van der Waals surface area (Å²) in [5, 5.41) is 6.16. The normalized spacial score (nSPS) is 17.3. The van der Waals surface area contributed by atoms with Crippen LogP contribution in [0, 0.1) is 6.92 Å². The summed E-state index contributed by atoms with van der Waals surface area (Å²) < 4.78 is 6.05. The molecule has 3 aromatic heterocycles. The van der Waals surface area contributed by atoms with Gasteiger partial charge < -0.3 is 15.0 Å². The van der Waals surface area contributed by atoms with Gasteiger partial charge in [0.05, 0.1) is 18.0 Å². The maximum atomic E-state index is 6.05. The van der Waals surface area contributed by atoms with Gasteiger partial charge in [-0.25, -0.2) is 15.0 Å². The van der Waals surface area contributed by atoms with Gasteiger partial charge in [0, 0.05) is 50.9 Å². The number of rotatable bonds is 6. The largest absolute Gasteiger partial charge is 0.369 e. The molecule has 1 saturated heterocycles. The molecule has 29 heavy (non-hydrogen) atoms. The third-order valence-corrected chi connectivity index (χ3v) is 5.67. The minimum Gasteiger partial charge on any atom is -0.369 e. The molecule has 0 aromatic carbocycles. The highest BCUT2D eigenvalue weighted by Gasteiger charge is 2.24. The van der Waals surface area contributed by atoms with E-state index in [2.05, 4.69) is 31.2 Å². The van der Waals surface area contributed by atoms with Crippen LogP contribution in [-0.2, 0) is 11.3 Å². The van der Waals surface area contributed by atoms with E-state index in [1.807, 2.05) is 56.9 Å². The molecule has 4 rings (SSSR count). The van der Waals surface area contributed by atoms with Gasteiger partial charge in [-0.15, -0.1) is 11.3 Å². The first-order chi connectivity index (χ1) is 14.1. The first-order valence-electron chi connectivity index (χ1n) is 9.70. The first-order valence-corrected chi connectivity index (χ1v) is 10.6. The average molecular weight is 411 g/mol. The second-order valence-electron chi connectivity index (χ2n) is 7.34. The lowest BCUT2D eigenvalue weighted by Gasteiger charge is -2.33. The van der Waals surface area contributed by atoms with Crippen molar-refractivity contribution in [1.29, 1.82) is 0 Å². The Morgan fingerprint density at radius 1 is 1.24 bits per heavy atom. The Kier molecular flexibility index (Phi) is 6.03. The summed E-state index contributed by atoms with van der Waals surface area (Å²) in [7, 11) is 4.06. The van der Waals surface area contributed by atoms with Gasteiger partial charge in [0.1, 0.15) is 17.7 Å². The Morgan fingerprint density at radius 2 is 2.14 bits per heavy atom. The molecule has 0 spiro atoms. The van der Waals surface area contributed by atoms with Crippen LogP contribution in [0.25, 0.3) is 0 Å². The number of ether oxygens (including phenoxy) is 1. The van der Waals surface area contributed by atoms with Crippen LogP contribution in [0.5, 0.6) is 0 Å². The monoisotopic (exact) mass is 410 g/mol. The van der Waals surface area contributed by atoms with Gasteiger partial charge in [-0.3, -0.25) is 4.90 Å². The molecular weight excluding hydrogens is 384 g/mol. The molecule has 3 aromatic rings. The van der Waals surface area contributed by atoms with Gasteiger partial charge in [0.15, 0.2) is 5.13 Å². The highest BCUT2D eigenvalue weighted by Crippen LogP contribution is 2.26. The summed E-state index contributed by atoms with van der Waals surface area (Å²) in [4.78, 5) is 18.2. The number of aromatic nitrogens is 3. The molecule has 1 aliphatic heterocycles. The van der Waals surface area contributed by atoms with Crippen molar-refractivity contribution < 1.29 is 4.74 Å². The van der Waals surface area contributed by atoms with Gasteiger partial charge in [-0.1, -0.05) is 12.1 Å². The smallest absolute Gasteiger partial charge is 0.188 e. The van der Waals surface area contributed by atoms with E-state index in [-0.39, 0.29) is 6.10 Å². The maximum Gasteiger partial charge on any atom is 0.188 e. The molecule has 1 aliphatic rings. The van der Waals surface area contributed by atoms with E-state index in [1.54, 1.807) is 11.3 Å². The zero-order valence-electron chi connectivity index (χ0n) is 17.0. The molecule has 0 radical (unpaired) electrons. The fraction of sp³-hybridized carbons (Fsp3) is 0.381. The van der Waals surface area contributed by atoms with E-state index in [1.165, 1.54) is 5.56 Å². The molecule has 1 fully saturated rings. The SMILES string of the molecule is Cc1csc(Nc2cccc(C3CN(Cc4cccnc4N(C)C)CCO3)n2)n1. The van der Waals surface area contributed by atoms with Gasteiger partial charge in [0.25, 0.3) is 0 Å². The number of nitrogens with zero attached hydrogens (tertiary/aromatic N) is 5. The molecule has 1 atom stereocenters. The van der Waals surface area contributed by atoms with Crippen LogP contribution in [0.15, 0.2) is 41.9 Å². The Labute approximate surface area is 175 Å². The van der Waals surface area contributed by atoms with Crippen molar-refractivity contribution in [3.8, 4) is 0 Å². The molecule has 8 heteroatoms. The van der Waals surface area contributed by atoms with Crippen LogP contribution in [0.2, 0.25) is 0 Å². The molecule has 4 heterocycles. The maximum absolute atomic E-state index is 6.05. The number of anilines is 3. The molecule has 1 N–H and O–H groups in total. The second-order valence-corrected chi connectivity index (χ2v) is 8.20. The number of aryl methyl sites for hydroxylation is 1. The van der Waals surface area contributed by atoms with Crippen molar-refractivity contribution in [3.63, 3.8) is 0 Å². The molecule has 0 amide bonds. The quantitative estimate of drug-likeness (QED) is 0.666. The van der Waals surface area contributed by atoms with E-state index in [9.17, 15) is 0 Å². The van der Waals surface area contributed by atoms with Crippen molar-refractivity contribution in [2.24, 2.45) is 0 Å². The van der Waals surface area contributed by atoms with Crippen molar-refractivity contribution >= 4 is 28.1 Å². The number of hydrogen-bond acceptors (Lipinski definition) is 8. The summed E-state index contributed by atoms with van der Waals surface area (Å²) in [6.45, 7) is 5.22. The van der Waals surface area contributed by atoms with Crippen molar-refractivity contribution in [2.75, 3.05) is 44.0 Å². The summed E-state index contributed by atoms with van der Waals surface area (Å²) in [6.07, 6.45) is 1.79. The fourth-order valence-electron chi connectivity index (χ4n) is 3.44. The highest BCUT2D eigenvalue weighted by atomic mass is 32.1. The van der Waals surface area contributed by atoms with Crippen LogP contribution in [0.4, 0.5) is 16.8 Å². The topological polar surface area (TPSA) is 66.4 Å². The number of pyridine rings is 2. The lowest BCUT2D eigenvalue weighted by atomic mass is 10.1. The van der Waals surface area contributed by atoms with E-state index in [0.717, 1.165) is 47.8 Å². The highest BCUT2D eigenvalue weighted by molar-refractivity contribution is 7.13. The number of thiazole rings is 1. The minimum absolute atomic E-state index is 0.0528. The summed E-state index contributed by atoms with van der Waals surface area (Å²) in [5.41, 5.74) is 3.17. The third kappa shape index (κ3) is 4.90. The Hall–Kier alpha value is -2.55. The lowest BCUT2D eigenvalue weighted by Crippen LogP contribution is -2.38. The van der Waals surface area contributed by atoms with Crippen LogP contribution in [0.3, 0.4) is 0 Å². The van der Waals surface area contributed by atoms with Crippen molar-refractivity contribution in [3.05, 3.63) is 58.9 Å². The average Bonchev–Trinajstić information content (AvgIpc) is 3.13. The fourth-order valence-corrected chi connectivity index (χ4v) is 4.14.